The second-order valence-electron chi connectivity index (χ2n) is 4.43. The van der Waals surface area contributed by atoms with E-state index in [0.29, 0.717) is 25.1 Å². The van der Waals surface area contributed by atoms with Crippen LogP contribution in [0.5, 0.6) is 0 Å². The first-order valence-corrected chi connectivity index (χ1v) is 6.63. The fraction of sp³-hybridized carbons (Fsp3) is 0.438. The van der Waals surface area contributed by atoms with Crippen molar-refractivity contribution in [3.63, 3.8) is 0 Å². The molecule has 0 saturated carbocycles. The van der Waals surface area contributed by atoms with Gasteiger partial charge in [-0.1, -0.05) is 17.9 Å². The summed E-state index contributed by atoms with van der Waals surface area (Å²) in [6, 6.07) is 7.23. The topological polar surface area (TPSA) is 49.8 Å². The molecule has 4 heteroatoms. The van der Waals surface area contributed by atoms with Gasteiger partial charge in [-0.15, -0.1) is 0 Å². The van der Waals surface area contributed by atoms with Gasteiger partial charge in [-0.25, -0.2) is 0 Å². The third-order valence-electron chi connectivity index (χ3n) is 2.77. The van der Waals surface area contributed by atoms with Gasteiger partial charge < -0.3 is 14.7 Å². The zero-order valence-electron chi connectivity index (χ0n) is 12.1. The van der Waals surface area contributed by atoms with E-state index in [0.717, 1.165) is 12.0 Å². The standard InChI is InChI=1S/C16H21NO3/c1-17(10-6-12-20-2)16(19)15-9-5-8-14(13-15)7-3-4-11-18/h5,8-9,13,18H,4,6,10-12H2,1-2H3. The summed E-state index contributed by atoms with van der Waals surface area (Å²) in [7, 11) is 3.43. The summed E-state index contributed by atoms with van der Waals surface area (Å²) in [6.45, 7) is 1.35. The predicted octanol–water partition coefficient (Wildman–Crippen LogP) is 1.53. The van der Waals surface area contributed by atoms with Crippen molar-refractivity contribution < 1.29 is 14.6 Å². The maximum absolute atomic E-state index is 12.2. The SMILES string of the molecule is COCCCN(C)C(=O)c1cccc(C#CCCO)c1. The van der Waals surface area contributed by atoms with Crippen LogP contribution in [0.15, 0.2) is 24.3 Å². The third kappa shape index (κ3) is 5.43. The summed E-state index contributed by atoms with van der Waals surface area (Å²) in [4.78, 5) is 13.9. The molecule has 0 atom stereocenters. The minimum Gasteiger partial charge on any atom is -0.395 e. The minimum absolute atomic E-state index is 0.0214. The summed E-state index contributed by atoms with van der Waals surface area (Å²) in [5.41, 5.74) is 1.41. The molecule has 1 aromatic carbocycles. The number of ether oxygens (including phenoxy) is 1. The van der Waals surface area contributed by atoms with Crippen molar-refractivity contribution in [3.8, 4) is 11.8 Å². The van der Waals surface area contributed by atoms with Gasteiger partial charge in [0.2, 0.25) is 0 Å². The molecule has 0 aliphatic rings. The highest BCUT2D eigenvalue weighted by Crippen LogP contribution is 2.07. The molecular formula is C16H21NO3. The maximum atomic E-state index is 12.2. The maximum Gasteiger partial charge on any atom is 0.253 e. The van der Waals surface area contributed by atoms with Crippen LogP contribution in [0.25, 0.3) is 0 Å². The van der Waals surface area contributed by atoms with Gasteiger partial charge in [0.1, 0.15) is 0 Å². The number of carbonyl (C=O) groups is 1. The molecule has 0 heterocycles. The fourth-order valence-corrected chi connectivity index (χ4v) is 1.72. The zero-order chi connectivity index (χ0) is 14.8. The molecule has 4 nitrogen and oxygen atoms in total. The number of methoxy groups -OCH3 is 1. The first-order valence-electron chi connectivity index (χ1n) is 6.63. The van der Waals surface area contributed by atoms with Crippen LogP contribution in [0, 0.1) is 11.8 Å². The Kier molecular flexibility index (Phi) is 7.41. The van der Waals surface area contributed by atoms with Gasteiger partial charge in [-0.3, -0.25) is 4.79 Å². The Hall–Kier alpha value is -1.83. The summed E-state index contributed by atoms with van der Waals surface area (Å²) in [5, 5.41) is 8.69. The molecule has 0 bridgehead atoms. The molecule has 108 valence electrons. The van der Waals surface area contributed by atoms with Crippen LogP contribution in [0.3, 0.4) is 0 Å². The van der Waals surface area contributed by atoms with Gasteiger partial charge in [0.05, 0.1) is 6.61 Å². The van der Waals surface area contributed by atoms with Crippen LogP contribution in [-0.4, -0.2) is 49.8 Å². The highest BCUT2D eigenvalue weighted by Gasteiger charge is 2.11. The van der Waals surface area contributed by atoms with Crippen molar-refractivity contribution in [1.29, 1.82) is 0 Å². The number of aliphatic hydroxyl groups excluding tert-OH is 1. The lowest BCUT2D eigenvalue weighted by Crippen LogP contribution is -2.28. The van der Waals surface area contributed by atoms with Crippen molar-refractivity contribution >= 4 is 5.91 Å². The number of benzene rings is 1. The van der Waals surface area contributed by atoms with Crippen LogP contribution < -0.4 is 0 Å². The average Bonchev–Trinajstić information content (AvgIpc) is 2.47. The quantitative estimate of drug-likeness (QED) is 0.633. The largest absolute Gasteiger partial charge is 0.395 e. The number of aliphatic hydroxyl groups is 1. The Bertz CT molecular complexity index is 488. The predicted molar refractivity (Wildman–Crippen MR) is 78.5 cm³/mol. The van der Waals surface area contributed by atoms with E-state index in [4.69, 9.17) is 9.84 Å². The number of carbonyl (C=O) groups excluding carboxylic acids is 1. The van der Waals surface area contributed by atoms with E-state index >= 15 is 0 Å². The normalized spacial score (nSPS) is 9.75. The van der Waals surface area contributed by atoms with Crippen molar-refractivity contribution in [2.75, 3.05) is 33.9 Å². The van der Waals surface area contributed by atoms with Gasteiger partial charge in [0.15, 0.2) is 0 Å². The van der Waals surface area contributed by atoms with Crippen LogP contribution in [0.1, 0.15) is 28.8 Å². The number of hydrogen-bond acceptors (Lipinski definition) is 3. The van der Waals surface area contributed by atoms with Crippen LogP contribution in [0.2, 0.25) is 0 Å². The van der Waals surface area contributed by atoms with E-state index in [-0.39, 0.29) is 12.5 Å². The molecule has 1 N–H and O–H groups in total. The van der Waals surface area contributed by atoms with Gasteiger partial charge in [-0.2, -0.15) is 0 Å². The molecule has 1 rings (SSSR count). The number of amides is 1. The lowest BCUT2D eigenvalue weighted by atomic mass is 10.1. The second-order valence-corrected chi connectivity index (χ2v) is 4.43. The lowest BCUT2D eigenvalue weighted by Gasteiger charge is -2.17. The second kappa shape index (κ2) is 9.13. The highest BCUT2D eigenvalue weighted by molar-refractivity contribution is 5.94. The fourth-order valence-electron chi connectivity index (χ4n) is 1.72. The van der Waals surface area contributed by atoms with E-state index in [9.17, 15) is 4.79 Å². The van der Waals surface area contributed by atoms with E-state index in [1.54, 1.807) is 31.2 Å². The van der Waals surface area contributed by atoms with Crippen LogP contribution in [-0.2, 0) is 4.74 Å². The van der Waals surface area contributed by atoms with Crippen LogP contribution in [0.4, 0.5) is 0 Å². The summed E-state index contributed by atoms with van der Waals surface area (Å²) >= 11 is 0. The first kappa shape index (κ1) is 16.2. The Morgan fingerprint density at radius 3 is 2.95 bits per heavy atom. The molecule has 20 heavy (non-hydrogen) atoms. The Morgan fingerprint density at radius 1 is 1.45 bits per heavy atom. The van der Waals surface area contributed by atoms with Gasteiger partial charge in [-0.05, 0) is 24.6 Å². The van der Waals surface area contributed by atoms with Crippen LogP contribution >= 0.6 is 0 Å². The van der Waals surface area contributed by atoms with Crippen molar-refractivity contribution in [2.24, 2.45) is 0 Å². The molecular weight excluding hydrogens is 254 g/mol. The number of rotatable bonds is 6. The average molecular weight is 275 g/mol. The van der Waals surface area contributed by atoms with Crippen molar-refractivity contribution in [3.05, 3.63) is 35.4 Å². The molecule has 0 unspecified atom stereocenters. The number of nitrogens with zero attached hydrogens (tertiary/aromatic N) is 1. The van der Waals surface area contributed by atoms with Gasteiger partial charge >= 0.3 is 0 Å². The first-order chi connectivity index (χ1) is 9.69. The Morgan fingerprint density at radius 2 is 2.25 bits per heavy atom. The summed E-state index contributed by atoms with van der Waals surface area (Å²) in [6.07, 6.45) is 1.25. The molecule has 0 aliphatic heterocycles. The van der Waals surface area contributed by atoms with Gasteiger partial charge in [0, 0.05) is 44.9 Å². The molecule has 0 fully saturated rings. The Balaban J connectivity index is 2.68. The monoisotopic (exact) mass is 275 g/mol. The molecule has 0 aromatic heterocycles. The molecule has 0 aliphatic carbocycles. The van der Waals surface area contributed by atoms with Gasteiger partial charge in [0.25, 0.3) is 5.91 Å². The van der Waals surface area contributed by atoms with Crippen molar-refractivity contribution in [1.82, 2.24) is 4.90 Å². The smallest absolute Gasteiger partial charge is 0.253 e. The van der Waals surface area contributed by atoms with E-state index in [1.807, 2.05) is 12.1 Å². The summed E-state index contributed by atoms with van der Waals surface area (Å²) in [5.74, 6) is 5.76. The summed E-state index contributed by atoms with van der Waals surface area (Å²) < 4.78 is 4.98. The molecule has 0 spiro atoms. The number of hydrogen-bond donors (Lipinski definition) is 1. The lowest BCUT2D eigenvalue weighted by molar-refractivity contribution is 0.0779. The van der Waals surface area contributed by atoms with E-state index in [1.165, 1.54) is 0 Å². The Labute approximate surface area is 120 Å². The van der Waals surface area contributed by atoms with E-state index < -0.39 is 0 Å². The molecule has 0 saturated heterocycles. The van der Waals surface area contributed by atoms with Crippen molar-refractivity contribution in [2.45, 2.75) is 12.8 Å². The molecule has 1 amide bonds. The molecule has 1 aromatic rings. The molecule has 0 radical (unpaired) electrons. The highest BCUT2D eigenvalue weighted by atomic mass is 16.5. The van der Waals surface area contributed by atoms with E-state index in [2.05, 4.69) is 11.8 Å². The minimum atomic E-state index is -0.0214. The zero-order valence-corrected chi connectivity index (χ0v) is 12.1. The third-order valence-corrected chi connectivity index (χ3v) is 2.77.